The number of benzene rings is 1. The summed E-state index contributed by atoms with van der Waals surface area (Å²) < 4.78 is 12.4. The van der Waals surface area contributed by atoms with Crippen LogP contribution >= 0.6 is 31.9 Å². The zero-order valence-corrected chi connectivity index (χ0v) is 13.0. The Morgan fingerprint density at radius 1 is 1.21 bits per heavy atom. The Kier molecular flexibility index (Phi) is 4.56. The molecule has 0 atom stereocenters. The molecule has 1 heterocycles. The van der Waals surface area contributed by atoms with Crippen molar-refractivity contribution in [2.24, 2.45) is 5.84 Å². The smallest absolute Gasteiger partial charge is 0.240 e. The Hall–Kier alpha value is -1.38. The van der Waals surface area contributed by atoms with Gasteiger partial charge in [-0.3, -0.25) is 5.43 Å². The van der Waals surface area contributed by atoms with Crippen molar-refractivity contribution < 1.29 is 9.47 Å². The van der Waals surface area contributed by atoms with Crippen molar-refractivity contribution in [3.05, 3.63) is 33.3 Å². The molecule has 0 unspecified atom stereocenters. The van der Waals surface area contributed by atoms with Gasteiger partial charge in [0.05, 0.1) is 16.1 Å². The number of hydrazine groups is 1. The molecule has 0 radical (unpaired) electrons. The van der Waals surface area contributed by atoms with Gasteiger partial charge in [0, 0.05) is 12.3 Å². The lowest BCUT2D eigenvalue weighted by molar-refractivity contribution is 0.408. The van der Waals surface area contributed by atoms with E-state index in [9.17, 15) is 0 Å². The lowest BCUT2D eigenvalue weighted by atomic mass is 10.3. The van der Waals surface area contributed by atoms with Crippen LogP contribution in [0.3, 0.4) is 0 Å². The highest BCUT2D eigenvalue weighted by Crippen LogP contribution is 2.37. The van der Waals surface area contributed by atoms with Crippen molar-refractivity contribution >= 4 is 37.8 Å². The van der Waals surface area contributed by atoms with Gasteiger partial charge in [0.25, 0.3) is 0 Å². The molecule has 8 heteroatoms. The summed E-state index contributed by atoms with van der Waals surface area (Å²) in [7, 11) is 1.59. The van der Waals surface area contributed by atoms with E-state index in [0.29, 0.717) is 17.4 Å². The summed E-state index contributed by atoms with van der Waals surface area (Å²) in [4.78, 5) is 7.96. The van der Waals surface area contributed by atoms with E-state index in [2.05, 4.69) is 47.3 Å². The first-order valence-electron chi connectivity index (χ1n) is 5.14. The highest BCUT2D eigenvalue weighted by Gasteiger charge is 2.10. The maximum absolute atomic E-state index is 5.65. The molecule has 0 saturated carbocycles. The molecule has 0 saturated heterocycles. The molecule has 6 nitrogen and oxygen atoms in total. The van der Waals surface area contributed by atoms with Crippen molar-refractivity contribution in [3.63, 3.8) is 0 Å². The van der Waals surface area contributed by atoms with E-state index < -0.39 is 0 Å². The largest absolute Gasteiger partial charge is 0.496 e. The highest BCUT2D eigenvalue weighted by molar-refractivity contribution is 9.11. The van der Waals surface area contributed by atoms with Gasteiger partial charge >= 0.3 is 0 Å². The Bertz CT molecular complexity index is 595. The van der Waals surface area contributed by atoms with E-state index in [1.807, 2.05) is 0 Å². The molecular weight excluding hydrogens is 380 g/mol. The van der Waals surface area contributed by atoms with Crippen LogP contribution in [0.15, 0.2) is 33.3 Å². The second kappa shape index (κ2) is 6.18. The zero-order valence-electron chi connectivity index (χ0n) is 9.85. The molecule has 0 fully saturated rings. The summed E-state index contributed by atoms with van der Waals surface area (Å²) in [5, 5.41) is 0. The number of nitrogen functional groups attached to an aromatic ring is 1. The topological polar surface area (TPSA) is 82.3 Å². The molecule has 2 aromatic rings. The number of hydrogen-bond acceptors (Lipinski definition) is 6. The molecule has 1 aromatic carbocycles. The second-order valence-corrected chi connectivity index (χ2v) is 5.09. The van der Waals surface area contributed by atoms with Gasteiger partial charge in [-0.15, -0.1) is 0 Å². The third-order valence-corrected chi connectivity index (χ3v) is 3.42. The second-order valence-electron chi connectivity index (χ2n) is 3.38. The van der Waals surface area contributed by atoms with Crippen LogP contribution in [0.5, 0.6) is 17.4 Å². The van der Waals surface area contributed by atoms with Crippen molar-refractivity contribution in [1.82, 2.24) is 9.97 Å². The van der Waals surface area contributed by atoms with Gasteiger partial charge in [-0.1, -0.05) is 0 Å². The number of nitrogens with one attached hydrogen (secondary N) is 1. The van der Waals surface area contributed by atoms with Crippen LogP contribution < -0.4 is 20.7 Å². The summed E-state index contributed by atoms with van der Waals surface area (Å²) >= 11 is 6.80. The first-order valence-corrected chi connectivity index (χ1v) is 6.73. The normalized spacial score (nSPS) is 10.1. The summed E-state index contributed by atoms with van der Waals surface area (Å²) in [6.07, 6.45) is 1.55. The van der Waals surface area contributed by atoms with Gasteiger partial charge in [-0.2, -0.15) is 4.98 Å². The van der Waals surface area contributed by atoms with Crippen LogP contribution in [0, 0.1) is 0 Å². The fourth-order valence-electron chi connectivity index (χ4n) is 1.33. The van der Waals surface area contributed by atoms with E-state index in [4.69, 9.17) is 15.3 Å². The van der Waals surface area contributed by atoms with Crippen molar-refractivity contribution in [3.8, 4) is 17.4 Å². The lowest BCUT2D eigenvalue weighted by Gasteiger charge is -2.10. The molecule has 1 aromatic heterocycles. The Morgan fingerprint density at radius 3 is 2.58 bits per heavy atom. The summed E-state index contributed by atoms with van der Waals surface area (Å²) in [6, 6.07) is 5.20. The number of nitrogens with zero attached hydrogens (tertiary/aromatic N) is 2. The average Bonchev–Trinajstić information content (AvgIpc) is 2.42. The van der Waals surface area contributed by atoms with Crippen LogP contribution in [-0.4, -0.2) is 17.1 Å². The van der Waals surface area contributed by atoms with Crippen molar-refractivity contribution in [1.29, 1.82) is 0 Å². The highest BCUT2D eigenvalue weighted by atomic mass is 79.9. The number of nitrogens with two attached hydrogens (primary N) is 1. The first-order chi connectivity index (χ1) is 9.13. The number of halogens is 2. The Morgan fingerprint density at radius 2 is 1.89 bits per heavy atom. The molecule has 0 aliphatic carbocycles. The van der Waals surface area contributed by atoms with Crippen LogP contribution in [0.25, 0.3) is 0 Å². The van der Waals surface area contributed by atoms with E-state index in [-0.39, 0.29) is 5.95 Å². The summed E-state index contributed by atoms with van der Waals surface area (Å²) in [5.74, 6) is 7.19. The van der Waals surface area contributed by atoms with Gasteiger partial charge in [-0.05, 0) is 44.0 Å². The predicted molar refractivity (Wildman–Crippen MR) is 78.3 cm³/mol. The third-order valence-electron chi connectivity index (χ3n) is 2.18. The maximum atomic E-state index is 5.65. The molecule has 3 N–H and O–H groups in total. The minimum atomic E-state index is 0.279. The zero-order chi connectivity index (χ0) is 13.8. The Labute approximate surface area is 126 Å². The van der Waals surface area contributed by atoms with Crippen LogP contribution in [0.4, 0.5) is 5.95 Å². The first kappa shape index (κ1) is 14.0. The third kappa shape index (κ3) is 3.34. The van der Waals surface area contributed by atoms with Crippen LogP contribution in [0.2, 0.25) is 0 Å². The number of methoxy groups -OCH3 is 1. The number of hydrogen-bond donors (Lipinski definition) is 2. The van der Waals surface area contributed by atoms with E-state index in [1.54, 1.807) is 31.5 Å². The number of rotatable bonds is 4. The average molecular weight is 390 g/mol. The van der Waals surface area contributed by atoms with Crippen LogP contribution in [0.1, 0.15) is 0 Å². The van der Waals surface area contributed by atoms with E-state index >= 15 is 0 Å². The Balaban J connectivity index is 2.30. The van der Waals surface area contributed by atoms with E-state index in [0.717, 1.165) is 8.95 Å². The molecule has 0 spiro atoms. The SMILES string of the molecule is COc1cc(Br)c(Oc2ccnc(NN)n2)cc1Br. The lowest BCUT2D eigenvalue weighted by Crippen LogP contribution is -2.10. The number of ether oxygens (including phenoxy) is 2. The molecule has 0 amide bonds. The van der Waals surface area contributed by atoms with Gasteiger partial charge in [0.15, 0.2) is 0 Å². The monoisotopic (exact) mass is 388 g/mol. The van der Waals surface area contributed by atoms with Crippen molar-refractivity contribution in [2.75, 3.05) is 12.5 Å². The molecule has 19 heavy (non-hydrogen) atoms. The minimum Gasteiger partial charge on any atom is -0.496 e. The molecule has 0 aliphatic rings. The fraction of sp³-hybridized carbons (Fsp3) is 0.0909. The quantitative estimate of drug-likeness (QED) is 0.617. The fourth-order valence-corrected chi connectivity index (χ4v) is 2.21. The predicted octanol–water partition coefficient (Wildman–Crippen LogP) is 3.09. The van der Waals surface area contributed by atoms with Gasteiger partial charge < -0.3 is 9.47 Å². The van der Waals surface area contributed by atoms with Crippen LogP contribution in [-0.2, 0) is 0 Å². The molecular formula is C11H10Br2N4O2. The van der Waals surface area contributed by atoms with Gasteiger partial charge in [-0.25, -0.2) is 10.8 Å². The maximum Gasteiger partial charge on any atom is 0.240 e. The molecule has 0 bridgehead atoms. The summed E-state index contributed by atoms with van der Waals surface area (Å²) in [5.41, 5.74) is 2.35. The van der Waals surface area contributed by atoms with Gasteiger partial charge in [0.1, 0.15) is 11.5 Å². The number of anilines is 1. The molecule has 100 valence electrons. The molecule has 2 rings (SSSR count). The van der Waals surface area contributed by atoms with Gasteiger partial charge in [0.2, 0.25) is 11.8 Å². The number of aromatic nitrogens is 2. The van der Waals surface area contributed by atoms with Crippen molar-refractivity contribution in [2.45, 2.75) is 0 Å². The summed E-state index contributed by atoms with van der Waals surface area (Å²) in [6.45, 7) is 0. The minimum absolute atomic E-state index is 0.279. The van der Waals surface area contributed by atoms with E-state index in [1.165, 1.54) is 0 Å². The molecule has 0 aliphatic heterocycles. The standard InChI is InChI=1S/C11H10Br2N4O2/c1-18-8-4-7(13)9(5-6(8)12)19-10-2-3-15-11(16-10)17-14/h2-5H,14H2,1H3,(H,15,16,17).